The number of rotatable bonds is 5. The second kappa shape index (κ2) is 6.21. The number of thioether (sulfide) groups is 1. The van der Waals surface area contributed by atoms with Crippen molar-refractivity contribution in [1.29, 1.82) is 0 Å². The third kappa shape index (κ3) is 4.07. The fourth-order valence-electron chi connectivity index (χ4n) is 1.71. The van der Waals surface area contributed by atoms with Crippen molar-refractivity contribution in [3.05, 3.63) is 35.9 Å². The number of nitrogens with zero attached hydrogens (tertiary/aromatic N) is 2. The van der Waals surface area contributed by atoms with Crippen molar-refractivity contribution >= 4 is 32.4 Å². The summed E-state index contributed by atoms with van der Waals surface area (Å²) >= 11 is 1.47. The minimum absolute atomic E-state index is 0.0798. The molecular formula is C12H14N2O3S2. The molecule has 0 saturated heterocycles. The zero-order valence-electron chi connectivity index (χ0n) is 10.2. The van der Waals surface area contributed by atoms with Gasteiger partial charge in [0.1, 0.15) is 5.71 Å². The van der Waals surface area contributed by atoms with E-state index >= 15 is 0 Å². The lowest BCUT2D eigenvalue weighted by Gasteiger charge is -2.06. The van der Waals surface area contributed by atoms with Crippen molar-refractivity contribution in [3.8, 4) is 0 Å². The van der Waals surface area contributed by atoms with Crippen molar-refractivity contribution in [2.24, 2.45) is 10.1 Å². The van der Waals surface area contributed by atoms with Crippen LogP contribution in [0.25, 0.3) is 0 Å². The number of aliphatic imine (C=N–C) groups is 1. The van der Waals surface area contributed by atoms with Crippen LogP contribution in [0.2, 0.25) is 0 Å². The third-order valence-corrected chi connectivity index (χ3v) is 5.18. The predicted molar refractivity (Wildman–Crippen MR) is 78.2 cm³/mol. The highest BCUT2D eigenvalue weighted by Gasteiger charge is 2.21. The van der Waals surface area contributed by atoms with Gasteiger partial charge in [0.15, 0.2) is 9.84 Å². The van der Waals surface area contributed by atoms with Gasteiger partial charge in [-0.2, -0.15) is 0 Å². The molecule has 0 bridgehead atoms. The van der Waals surface area contributed by atoms with Crippen molar-refractivity contribution in [3.63, 3.8) is 0 Å². The molecule has 0 atom stereocenters. The van der Waals surface area contributed by atoms with E-state index in [1.54, 1.807) is 24.3 Å². The van der Waals surface area contributed by atoms with Gasteiger partial charge in [-0.3, -0.25) is 4.99 Å². The molecule has 0 spiro atoms. The van der Waals surface area contributed by atoms with Crippen LogP contribution >= 0.6 is 11.8 Å². The Labute approximate surface area is 116 Å². The number of oxime groups is 1. The van der Waals surface area contributed by atoms with Gasteiger partial charge < -0.3 is 5.21 Å². The van der Waals surface area contributed by atoms with Gasteiger partial charge >= 0.3 is 0 Å². The van der Waals surface area contributed by atoms with Crippen LogP contribution in [-0.4, -0.2) is 48.2 Å². The molecule has 1 N–H and O–H groups in total. The molecular weight excluding hydrogens is 284 g/mol. The van der Waals surface area contributed by atoms with E-state index in [-0.39, 0.29) is 17.2 Å². The third-order valence-electron chi connectivity index (χ3n) is 2.58. The highest BCUT2D eigenvalue weighted by atomic mass is 32.2. The van der Waals surface area contributed by atoms with E-state index in [1.807, 2.05) is 6.07 Å². The van der Waals surface area contributed by atoms with E-state index in [1.165, 1.54) is 11.8 Å². The summed E-state index contributed by atoms with van der Waals surface area (Å²) in [5.41, 5.74) is 0.763. The average Bonchev–Trinajstić information content (AvgIpc) is 2.89. The van der Waals surface area contributed by atoms with Crippen molar-refractivity contribution in [2.75, 3.05) is 23.8 Å². The van der Waals surface area contributed by atoms with Gasteiger partial charge in [0, 0.05) is 17.9 Å². The Bertz CT molecular complexity index is 595. The summed E-state index contributed by atoms with van der Waals surface area (Å²) in [6.07, 6.45) is 0. The quantitative estimate of drug-likeness (QED) is 0.506. The maximum atomic E-state index is 12.0. The molecule has 19 heavy (non-hydrogen) atoms. The molecule has 1 aliphatic rings. The fourth-order valence-corrected chi connectivity index (χ4v) is 4.40. The van der Waals surface area contributed by atoms with Gasteiger partial charge in [-0.05, 0) is 0 Å². The minimum Gasteiger partial charge on any atom is -0.411 e. The summed E-state index contributed by atoms with van der Waals surface area (Å²) < 4.78 is 24.1. The van der Waals surface area contributed by atoms with Crippen LogP contribution in [0.1, 0.15) is 5.56 Å². The molecule has 1 aliphatic heterocycles. The zero-order chi connectivity index (χ0) is 13.7. The van der Waals surface area contributed by atoms with Gasteiger partial charge in [-0.1, -0.05) is 35.5 Å². The molecule has 0 aliphatic carbocycles. The second-order valence-electron chi connectivity index (χ2n) is 4.07. The predicted octanol–water partition coefficient (Wildman–Crippen LogP) is 1.42. The Morgan fingerprint density at radius 2 is 2.11 bits per heavy atom. The first-order chi connectivity index (χ1) is 9.11. The van der Waals surface area contributed by atoms with Gasteiger partial charge in [0.2, 0.25) is 0 Å². The normalized spacial score (nSPS) is 16.4. The Hall–Kier alpha value is -1.34. The van der Waals surface area contributed by atoms with Gasteiger partial charge in [0.05, 0.1) is 16.5 Å². The van der Waals surface area contributed by atoms with Crippen LogP contribution in [0.3, 0.4) is 0 Å². The van der Waals surface area contributed by atoms with Crippen LogP contribution in [-0.2, 0) is 9.84 Å². The summed E-state index contributed by atoms with van der Waals surface area (Å²) in [5, 5.41) is 12.7. The van der Waals surface area contributed by atoms with Gasteiger partial charge in [-0.15, -0.1) is 11.8 Å². The Kier molecular flexibility index (Phi) is 4.60. The van der Waals surface area contributed by atoms with Crippen LogP contribution in [0, 0.1) is 0 Å². The summed E-state index contributed by atoms with van der Waals surface area (Å²) in [5.74, 6) is 0.473. The van der Waals surface area contributed by atoms with Crippen LogP contribution in [0.5, 0.6) is 0 Å². The summed E-state index contributed by atoms with van der Waals surface area (Å²) in [4.78, 5) is 4.12. The molecule has 7 heteroatoms. The van der Waals surface area contributed by atoms with Crippen molar-refractivity contribution in [2.45, 2.75) is 0 Å². The Morgan fingerprint density at radius 3 is 2.68 bits per heavy atom. The van der Waals surface area contributed by atoms with Crippen molar-refractivity contribution in [1.82, 2.24) is 0 Å². The lowest BCUT2D eigenvalue weighted by molar-refractivity contribution is 0.319. The van der Waals surface area contributed by atoms with Crippen LogP contribution in [0.4, 0.5) is 0 Å². The number of hydrogen-bond acceptors (Lipinski definition) is 6. The monoisotopic (exact) mass is 298 g/mol. The summed E-state index contributed by atoms with van der Waals surface area (Å²) in [6.45, 7) is 0.676. The maximum absolute atomic E-state index is 12.0. The van der Waals surface area contributed by atoms with Crippen LogP contribution in [0.15, 0.2) is 40.5 Å². The largest absolute Gasteiger partial charge is 0.411 e. The fraction of sp³-hybridized carbons (Fsp3) is 0.333. The smallest absolute Gasteiger partial charge is 0.162 e. The SMILES string of the molecule is O=S(=O)(CC1=NCCS1)C/C(=N/O)c1ccccc1. The van der Waals surface area contributed by atoms with E-state index in [4.69, 9.17) is 5.21 Å². The number of benzene rings is 1. The first kappa shape index (κ1) is 14.1. The highest BCUT2D eigenvalue weighted by Crippen LogP contribution is 2.14. The second-order valence-corrected chi connectivity index (χ2v) is 7.30. The molecule has 1 heterocycles. The van der Waals surface area contributed by atoms with E-state index < -0.39 is 9.84 Å². The van der Waals surface area contributed by atoms with E-state index in [0.29, 0.717) is 17.2 Å². The minimum atomic E-state index is -3.37. The Morgan fingerprint density at radius 1 is 1.37 bits per heavy atom. The molecule has 0 amide bonds. The molecule has 1 aromatic rings. The molecule has 0 unspecified atom stereocenters. The lowest BCUT2D eigenvalue weighted by Crippen LogP contribution is -2.22. The molecule has 5 nitrogen and oxygen atoms in total. The molecule has 0 fully saturated rings. The first-order valence-corrected chi connectivity index (χ1v) is 8.54. The molecule has 2 rings (SSSR count). The molecule has 0 radical (unpaired) electrons. The van der Waals surface area contributed by atoms with E-state index in [0.717, 1.165) is 5.75 Å². The number of sulfone groups is 1. The Balaban J connectivity index is 2.10. The summed E-state index contributed by atoms with van der Waals surface area (Å²) in [6, 6.07) is 8.78. The molecule has 0 aromatic heterocycles. The number of hydrogen-bond donors (Lipinski definition) is 1. The molecule has 102 valence electrons. The first-order valence-electron chi connectivity index (χ1n) is 5.73. The van der Waals surface area contributed by atoms with E-state index in [2.05, 4.69) is 10.1 Å². The highest BCUT2D eigenvalue weighted by molar-refractivity contribution is 8.15. The maximum Gasteiger partial charge on any atom is 0.162 e. The van der Waals surface area contributed by atoms with Gasteiger partial charge in [-0.25, -0.2) is 8.42 Å². The van der Waals surface area contributed by atoms with Crippen molar-refractivity contribution < 1.29 is 13.6 Å². The topological polar surface area (TPSA) is 79.1 Å². The van der Waals surface area contributed by atoms with Gasteiger partial charge in [0.25, 0.3) is 0 Å². The van der Waals surface area contributed by atoms with E-state index in [9.17, 15) is 8.42 Å². The van der Waals surface area contributed by atoms with Crippen LogP contribution < -0.4 is 0 Å². The zero-order valence-corrected chi connectivity index (χ0v) is 11.8. The average molecular weight is 298 g/mol. The molecule has 0 saturated carbocycles. The lowest BCUT2D eigenvalue weighted by atomic mass is 10.1. The standard InChI is InChI=1S/C12H14N2O3S2/c15-14-11(10-4-2-1-3-5-10)8-19(16,17)9-12-13-6-7-18-12/h1-5,15H,6-9H2/b14-11-. The molecule has 1 aromatic carbocycles. The summed E-state index contributed by atoms with van der Waals surface area (Å²) in [7, 11) is -3.37.